The van der Waals surface area contributed by atoms with Crippen LogP contribution in [0.4, 0.5) is 0 Å². The first-order valence-corrected chi connectivity index (χ1v) is 18.7. The van der Waals surface area contributed by atoms with Gasteiger partial charge in [0.2, 0.25) is 0 Å². The lowest BCUT2D eigenvalue weighted by Gasteiger charge is -2.49. The van der Waals surface area contributed by atoms with Crippen molar-refractivity contribution in [1.82, 2.24) is 4.90 Å². The van der Waals surface area contributed by atoms with Crippen molar-refractivity contribution in [2.45, 2.75) is 179 Å². The summed E-state index contributed by atoms with van der Waals surface area (Å²) in [5.41, 5.74) is -4.68. The molecule has 0 aromatic rings. The van der Waals surface area contributed by atoms with Gasteiger partial charge in [-0.15, -0.1) is 0 Å². The van der Waals surface area contributed by atoms with Gasteiger partial charge < -0.3 is 64.1 Å². The summed E-state index contributed by atoms with van der Waals surface area (Å²) < 4.78 is 37.2. The predicted octanol–water partition coefficient (Wildman–Crippen LogP) is 2.05. The van der Waals surface area contributed by atoms with E-state index < -0.39 is 102 Å². The molecule has 3 aliphatic rings. The standard InChI is InChI=1S/C37H68N2O13/c1-14-25-37(10,45)30(41)20(4)27(38-46)18(2)16-35(8,44)32(52-34-28(40)24(39(11)12)15-19(3)48-34)21(5)29(22(6)33(43)50-25)51-26-17-36(9,47-13)31(42)23(7)49-26/h18-26,28-32,34,40-42,44-46H,14-17H2,1-13H3/b38-27-/t18-,19-,20-,21+,22-,23+,24+,25+,26+,28-,29-,30-,31+,32-,34+,35+,36-,37-/m1/s1. The molecule has 0 amide bonds. The van der Waals surface area contributed by atoms with Crippen LogP contribution in [-0.4, -0.2) is 153 Å². The van der Waals surface area contributed by atoms with Crippen LogP contribution in [0.3, 0.4) is 0 Å². The van der Waals surface area contributed by atoms with Crippen LogP contribution in [0.15, 0.2) is 5.16 Å². The number of aliphatic hydroxyl groups excluding tert-OH is 3. The van der Waals surface area contributed by atoms with Gasteiger partial charge in [0, 0.05) is 37.3 Å². The second-order valence-electron chi connectivity index (χ2n) is 16.6. The number of rotatable bonds is 7. The molecule has 3 rings (SSSR count). The highest BCUT2D eigenvalue weighted by molar-refractivity contribution is 5.88. The number of carbonyl (C=O) groups is 1. The molecule has 0 spiro atoms. The number of oxime groups is 1. The summed E-state index contributed by atoms with van der Waals surface area (Å²) in [6.07, 6.45) is -9.51. The van der Waals surface area contributed by atoms with E-state index in [1.54, 1.807) is 55.4 Å². The van der Waals surface area contributed by atoms with Crippen molar-refractivity contribution in [1.29, 1.82) is 0 Å². The molecule has 3 fully saturated rings. The van der Waals surface area contributed by atoms with E-state index in [-0.39, 0.29) is 37.1 Å². The molecular weight excluding hydrogens is 680 g/mol. The third-order valence-electron chi connectivity index (χ3n) is 12.0. The summed E-state index contributed by atoms with van der Waals surface area (Å²) >= 11 is 0. The van der Waals surface area contributed by atoms with Crippen molar-refractivity contribution in [3.05, 3.63) is 0 Å². The maximum atomic E-state index is 14.1. The molecule has 0 aromatic heterocycles. The summed E-state index contributed by atoms with van der Waals surface area (Å²) in [6.45, 7) is 16.6. The van der Waals surface area contributed by atoms with E-state index in [0.29, 0.717) is 6.42 Å². The average molecular weight is 749 g/mol. The quantitative estimate of drug-likeness (QED) is 0.125. The van der Waals surface area contributed by atoms with Gasteiger partial charge in [0.15, 0.2) is 12.6 Å². The lowest BCUT2D eigenvalue weighted by Crippen LogP contribution is -2.61. The largest absolute Gasteiger partial charge is 0.459 e. The van der Waals surface area contributed by atoms with Crippen LogP contribution < -0.4 is 0 Å². The van der Waals surface area contributed by atoms with Crippen LogP contribution in [0.5, 0.6) is 0 Å². The van der Waals surface area contributed by atoms with E-state index in [2.05, 4.69) is 5.16 Å². The number of ether oxygens (including phenoxy) is 6. The number of nitrogens with zero attached hydrogens (tertiary/aromatic N) is 2. The number of cyclic esters (lactones) is 1. The van der Waals surface area contributed by atoms with E-state index in [9.17, 15) is 35.5 Å². The molecule has 15 nitrogen and oxygen atoms in total. The second-order valence-corrected chi connectivity index (χ2v) is 16.6. The Labute approximate surface area is 309 Å². The van der Waals surface area contributed by atoms with Gasteiger partial charge in [0.25, 0.3) is 0 Å². The van der Waals surface area contributed by atoms with Gasteiger partial charge in [0.05, 0.1) is 53.4 Å². The zero-order valence-electron chi connectivity index (χ0n) is 33.4. The molecular formula is C37H68N2O13. The summed E-state index contributed by atoms with van der Waals surface area (Å²) in [7, 11) is 5.19. The molecule has 3 saturated heterocycles. The zero-order valence-corrected chi connectivity index (χ0v) is 33.4. The molecule has 52 heavy (non-hydrogen) atoms. The second kappa shape index (κ2) is 17.5. The molecule has 304 valence electrons. The van der Waals surface area contributed by atoms with E-state index in [4.69, 9.17) is 28.4 Å². The highest BCUT2D eigenvalue weighted by atomic mass is 16.7. The topological polar surface area (TPSA) is 209 Å². The molecule has 0 unspecified atom stereocenters. The molecule has 0 radical (unpaired) electrons. The van der Waals surface area contributed by atoms with Crippen LogP contribution in [0.1, 0.15) is 94.9 Å². The van der Waals surface area contributed by atoms with E-state index >= 15 is 0 Å². The van der Waals surface area contributed by atoms with Crippen LogP contribution in [-0.2, 0) is 33.2 Å². The fourth-order valence-corrected chi connectivity index (χ4v) is 8.61. The Morgan fingerprint density at radius 2 is 1.54 bits per heavy atom. The maximum Gasteiger partial charge on any atom is 0.311 e. The lowest BCUT2D eigenvalue weighted by atomic mass is 9.73. The molecule has 15 heteroatoms. The minimum absolute atomic E-state index is 0.0657. The van der Waals surface area contributed by atoms with Gasteiger partial charge in [-0.3, -0.25) is 4.79 Å². The van der Waals surface area contributed by atoms with Gasteiger partial charge in [-0.1, -0.05) is 32.9 Å². The van der Waals surface area contributed by atoms with Gasteiger partial charge in [0.1, 0.15) is 23.9 Å². The summed E-state index contributed by atoms with van der Waals surface area (Å²) in [4.78, 5) is 16.0. The van der Waals surface area contributed by atoms with Crippen molar-refractivity contribution in [3.63, 3.8) is 0 Å². The number of carbonyl (C=O) groups excluding carboxylic acids is 1. The van der Waals surface area contributed by atoms with Crippen LogP contribution in [0, 0.1) is 23.7 Å². The first-order valence-electron chi connectivity index (χ1n) is 18.7. The Morgan fingerprint density at radius 1 is 0.923 bits per heavy atom. The Bertz CT molecular complexity index is 1200. The first kappa shape index (κ1) is 44.9. The van der Waals surface area contributed by atoms with Gasteiger partial charge in [-0.2, -0.15) is 0 Å². The number of hydrogen-bond donors (Lipinski definition) is 6. The van der Waals surface area contributed by atoms with E-state index in [1.807, 2.05) is 25.9 Å². The first-order chi connectivity index (χ1) is 24.0. The van der Waals surface area contributed by atoms with Crippen molar-refractivity contribution >= 4 is 11.7 Å². The Kier molecular flexibility index (Phi) is 15.1. The normalized spacial score (nSPS) is 49.8. The fourth-order valence-electron chi connectivity index (χ4n) is 8.61. The molecule has 18 atom stereocenters. The Morgan fingerprint density at radius 3 is 2.08 bits per heavy atom. The monoisotopic (exact) mass is 748 g/mol. The van der Waals surface area contributed by atoms with Gasteiger partial charge in [-0.25, -0.2) is 0 Å². The number of aliphatic hydroxyl groups is 5. The van der Waals surface area contributed by atoms with Crippen molar-refractivity contribution in [2.24, 2.45) is 28.8 Å². The minimum Gasteiger partial charge on any atom is -0.459 e. The minimum atomic E-state index is -1.97. The van der Waals surface area contributed by atoms with Crippen LogP contribution in [0.25, 0.3) is 0 Å². The average Bonchev–Trinajstić information content (AvgIpc) is 3.06. The van der Waals surface area contributed by atoms with Gasteiger partial charge >= 0.3 is 5.97 Å². The van der Waals surface area contributed by atoms with E-state index in [0.717, 1.165) is 0 Å². The molecule has 0 saturated carbocycles. The lowest BCUT2D eigenvalue weighted by molar-refractivity contribution is -0.317. The Balaban J connectivity index is 2.21. The maximum absolute atomic E-state index is 14.1. The van der Waals surface area contributed by atoms with Crippen molar-refractivity contribution < 1.29 is 64.0 Å². The molecule has 0 aliphatic carbocycles. The highest BCUT2D eigenvalue weighted by Crippen LogP contribution is 2.41. The van der Waals surface area contributed by atoms with Crippen LogP contribution >= 0.6 is 0 Å². The smallest absolute Gasteiger partial charge is 0.311 e. The van der Waals surface area contributed by atoms with Crippen LogP contribution in [0.2, 0.25) is 0 Å². The van der Waals surface area contributed by atoms with Crippen molar-refractivity contribution in [3.8, 4) is 0 Å². The Hall–Kier alpha value is -1.50. The predicted molar refractivity (Wildman–Crippen MR) is 190 cm³/mol. The molecule has 3 heterocycles. The zero-order chi connectivity index (χ0) is 39.7. The summed E-state index contributed by atoms with van der Waals surface area (Å²) in [6, 6.07) is -0.322. The fraction of sp³-hybridized carbons (Fsp3) is 0.946. The third kappa shape index (κ3) is 9.47. The summed E-state index contributed by atoms with van der Waals surface area (Å²) in [5.74, 6) is -4.24. The van der Waals surface area contributed by atoms with Gasteiger partial charge in [-0.05, 0) is 74.9 Å². The summed E-state index contributed by atoms with van der Waals surface area (Å²) in [5, 5.41) is 71.8. The highest BCUT2D eigenvalue weighted by Gasteiger charge is 2.53. The third-order valence-corrected chi connectivity index (χ3v) is 12.0. The number of hydrogen-bond acceptors (Lipinski definition) is 15. The molecule has 0 aromatic carbocycles. The van der Waals surface area contributed by atoms with Crippen molar-refractivity contribution in [2.75, 3.05) is 21.2 Å². The number of likely N-dealkylation sites (N-methyl/N-ethyl adjacent to an activating group) is 1. The van der Waals surface area contributed by atoms with E-state index in [1.165, 1.54) is 14.0 Å². The molecule has 3 aliphatic heterocycles. The number of esters is 1. The number of methoxy groups -OCH3 is 1. The molecule has 6 N–H and O–H groups in total. The molecule has 0 bridgehead atoms. The SMILES string of the molecule is CC[C@@H]1OC(=O)[C@H](C)[C@H](O[C@H]2C[C@@](C)(OC)[C@@H](O)[C@H](C)O2)[C@H](C)[C@@H](O[C@@H]2O[C@H](C)C[C@H](N(C)C)[C@H]2O)[C@@](C)(O)C[C@@H](C)/C(=N/O)[C@@H](C)[C@@H](O)[C@]1(C)O.